The molecule has 0 aromatic carbocycles. The zero-order chi connectivity index (χ0) is 13.2. The lowest BCUT2D eigenvalue weighted by atomic mass is 9.88. The summed E-state index contributed by atoms with van der Waals surface area (Å²) in [5.41, 5.74) is 1.24. The molecule has 102 valence electrons. The quantitative estimate of drug-likeness (QED) is 0.886. The summed E-state index contributed by atoms with van der Waals surface area (Å²) in [6, 6.07) is 0.275. The van der Waals surface area contributed by atoms with Gasteiger partial charge in [-0.25, -0.2) is 4.98 Å². The summed E-state index contributed by atoms with van der Waals surface area (Å²) < 4.78 is 2.02. The van der Waals surface area contributed by atoms with Gasteiger partial charge in [0.2, 0.25) is 0 Å². The van der Waals surface area contributed by atoms with Gasteiger partial charge in [0.1, 0.15) is 0 Å². The molecule has 0 spiro atoms. The third-order valence-corrected chi connectivity index (χ3v) is 4.19. The van der Waals surface area contributed by atoms with Gasteiger partial charge in [0.25, 0.3) is 0 Å². The molecule has 2 heterocycles. The van der Waals surface area contributed by atoms with Gasteiger partial charge in [0.15, 0.2) is 0 Å². The average molecular weight is 250 g/mol. The van der Waals surface area contributed by atoms with Crippen molar-refractivity contribution in [1.29, 1.82) is 0 Å². The van der Waals surface area contributed by atoms with Gasteiger partial charge in [-0.2, -0.15) is 0 Å². The molecular formula is C14H26N4. The minimum absolute atomic E-state index is 0.101. The number of nitrogens with zero attached hydrogens (tertiary/aromatic N) is 3. The zero-order valence-electron chi connectivity index (χ0n) is 12.1. The Morgan fingerprint density at radius 3 is 2.44 bits per heavy atom. The fourth-order valence-corrected chi connectivity index (χ4v) is 3.10. The summed E-state index contributed by atoms with van der Waals surface area (Å²) in [4.78, 5) is 7.13. The van der Waals surface area contributed by atoms with Crippen molar-refractivity contribution in [3.8, 4) is 0 Å². The number of rotatable bonds is 4. The van der Waals surface area contributed by atoms with Crippen LogP contribution in [0.1, 0.15) is 44.8 Å². The van der Waals surface area contributed by atoms with Crippen molar-refractivity contribution in [3.05, 3.63) is 18.2 Å². The molecule has 1 fully saturated rings. The highest BCUT2D eigenvalue weighted by atomic mass is 15.2. The van der Waals surface area contributed by atoms with Gasteiger partial charge >= 0.3 is 0 Å². The second kappa shape index (κ2) is 5.41. The Kier molecular flexibility index (Phi) is 4.07. The maximum atomic E-state index is 4.52. The summed E-state index contributed by atoms with van der Waals surface area (Å²) in [6.07, 6.45) is 8.02. The van der Waals surface area contributed by atoms with Crippen molar-refractivity contribution in [2.24, 2.45) is 7.05 Å². The summed E-state index contributed by atoms with van der Waals surface area (Å²) in [6.45, 7) is 7.07. The van der Waals surface area contributed by atoms with Gasteiger partial charge in [-0.3, -0.25) is 4.90 Å². The minimum atomic E-state index is 0.101. The van der Waals surface area contributed by atoms with E-state index < -0.39 is 0 Å². The smallest absolute Gasteiger partial charge is 0.0947 e. The maximum absolute atomic E-state index is 4.52. The Bertz CT molecular complexity index is 377. The molecule has 1 N–H and O–H groups in total. The van der Waals surface area contributed by atoms with Crippen LogP contribution in [0.4, 0.5) is 0 Å². The molecule has 0 amide bonds. The van der Waals surface area contributed by atoms with Crippen molar-refractivity contribution in [3.63, 3.8) is 0 Å². The molecule has 18 heavy (non-hydrogen) atoms. The number of imidazole rings is 1. The summed E-state index contributed by atoms with van der Waals surface area (Å²) in [5.74, 6) is 0. The van der Waals surface area contributed by atoms with E-state index >= 15 is 0 Å². The van der Waals surface area contributed by atoms with Crippen LogP contribution in [0.25, 0.3) is 0 Å². The van der Waals surface area contributed by atoms with E-state index in [1.165, 1.54) is 32.4 Å². The Morgan fingerprint density at radius 2 is 1.94 bits per heavy atom. The molecule has 0 saturated carbocycles. The summed E-state index contributed by atoms with van der Waals surface area (Å²) >= 11 is 0. The lowest BCUT2D eigenvalue weighted by molar-refractivity contribution is 0.0621. The lowest BCUT2D eigenvalue weighted by Gasteiger charge is -2.45. The zero-order valence-corrected chi connectivity index (χ0v) is 12.1. The molecule has 1 atom stereocenters. The highest BCUT2D eigenvalue weighted by Gasteiger charge is 2.37. The highest BCUT2D eigenvalue weighted by molar-refractivity contribution is 5.11. The first-order chi connectivity index (χ1) is 8.55. The van der Waals surface area contributed by atoms with E-state index in [0.717, 1.165) is 5.69 Å². The van der Waals surface area contributed by atoms with Crippen LogP contribution >= 0.6 is 0 Å². The molecular weight excluding hydrogens is 224 g/mol. The van der Waals surface area contributed by atoms with Crippen LogP contribution in [0.3, 0.4) is 0 Å². The monoisotopic (exact) mass is 250 g/mol. The van der Waals surface area contributed by atoms with E-state index in [1.807, 2.05) is 25.0 Å². The van der Waals surface area contributed by atoms with Gasteiger partial charge in [-0.15, -0.1) is 0 Å². The molecule has 0 bridgehead atoms. The van der Waals surface area contributed by atoms with Crippen molar-refractivity contribution in [1.82, 2.24) is 19.8 Å². The first-order valence-corrected chi connectivity index (χ1v) is 6.96. The van der Waals surface area contributed by atoms with Crippen molar-refractivity contribution in [2.45, 2.75) is 44.7 Å². The Hall–Kier alpha value is -0.870. The van der Waals surface area contributed by atoms with E-state index in [9.17, 15) is 0 Å². The molecule has 0 radical (unpaired) electrons. The van der Waals surface area contributed by atoms with Gasteiger partial charge in [-0.05, 0) is 46.8 Å². The second-order valence-electron chi connectivity index (χ2n) is 5.89. The predicted molar refractivity (Wildman–Crippen MR) is 74.5 cm³/mol. The fraction of sp³-hybridized carbons (Fsp3) is 0.786. The van der Waals surface area contributed by atoms with Crippen LogP contribution in [0, 0.1) is 0 Å². The molecule has 1 aromatic rings. The second-order valence-corrected chi connectivity index (χ2v) is 5.89. The number of nitrogens with one attached hydrogen (secondary N) is 1. The normalized spacial score (nSPS) is 20.0. The third kappa shape index (κ3) is 2.59. The molecule has 0 aliphatic carbocycles. The van der Waals surface area contributed by atoms with Crippen LogP contribution < -0.4 is 5.32 Å². The lowest BCUT2D eigenvalue weighted by Crippen LogP contribution is -2.53. The van der Waals surface area contributed by atoms with Gasteiger partial charge in [0.05, 0.1) is 18.1 Å². The van der Waals surface area contributed by atoms with Crippen LogP contribution in [0.2, 0.25) is 0 Å². The Morgan fingerprint density at radius 1 is 1.28 bits per heavy atom. The van der Waals surface area contributed by atoms with Crippen LogP contribution in [0.5, 0.6) is 0 Å². The van der Waals surface area contributed by atoms with Crippen LogP contribution in [-0.4, -0.2) is 40.1 Å². The molecule has 1 aliphatic rings. The maximum Gasteiger partial charge on any atom is 0.0947 e. The Balaban J connectivity index is 2.19. The standard InChI is InChI=1S/C14H26N4/c1-14(2,18-8-6-5-7-9-18)13(15-3)12-10-17(4)11-16-12/h10-11,13,15H,5-9H2,1-4H3. The number of piperidine rings is 1. The largest absolute Gasteiger partial charge is 0.340 e. The first-order valence-electron chi connectivity index (χ1n) is 6.96. The molecule has 2 rings (SSSR count). The highest BCUT2D eigenvalue weighted by Crippen LogP contribution is 2.32. The van der Waals surface area contributed by atoms with Gasteiger partial charge in [-0.1, -0.05) is 6.42 Å². The van der Waals surface area contributed by atoms with E-state index in [0.29, 0.717) is 0 Å². The SMILES string of the molecule is CNC(c1cn(C)cn1)C(C)(C)N1CCCCC1. The van der Waals surface area contributed by atoms with Gasteiger partial charge < -0.3 is 9.88 Å². The van der Waals surface area contributed by atoms with Crippen LogP contribution in [-0.2, 0) is 7.05 Å². The molecule has 1 unspecified atom stereocenters. The van der Waals surface area contributed by atoms with E-state index in [-0.39, 0.29) is 11.6 Å². The number of hydrogen-bond donors (Lipinski definition) is 1. The van der Waals surface area contributed by atoms with Gasteiger partial charge in [0, 0.05) is 18.8 Å². The van der Waals surface area contributed by atoms with Crippen molar-refractivity contribution in [2.75, 3.05) is 20.1 Å². The number of likely N-dealkylation sites (tertiary alicyclic amines) is 1. The third-order valence-electron chi connectivity index (χ3n) is 4.19. The fourth-order valence-electron chi connectivity index (χ4n) is 3.10. The molecule has 1 aliphatic heterocycles. The van der Waals surface area contributed by atoms with E-state index in [2.05, 4.69) is 35.2 Å². The van der Waals surface area contributed by atoms with Crippen molar-refractivity contribution >= 4 is 0 Å². The molecule has 1 aromatic heterocycles. The Labute approximate surface area is 110 Å². The summed E-state index contributed by atoms with van der Waals surface area (Å²) in [5, 5.41) is 3.45. The number of hydrogen-bond acceptors (Lipinski definition) is 3. The van der Waals surface area contributed by atoms with Crippen molar-refractivity contribution < 1.29 is 0 Å². The topological polar surface area (TPSA) is 33.1 Å². The average Bonchev–Trinajstić information content (AvgIpc) is 2.77. The predicted octanol–water partition coefficient (Wildman–Crippen LogP) is 1.95. The number of aromatic nitrogens is 2. The molecule has 4 heteroatoms. The number of aryl methyl sites for hydroxylation is 1. The summed E-state index contributed by atoms with van der Waals surface area (Å²) in [7, 11) is 4.06. The minimum Gasteiger partial charge on any atom is -0.340 e. The van der Waals surface area contributed by atoms with E-state index in [1.54, 1.807) is 0 Å². The number of likely N-dealkylation sites (N-methyl/N-ethyl adjacent to an activating group) is 1. The first kappa shape index (κ1) is 13.6. The molecule has 4 nitrogen and oxygen atoms in total. The van der Waals surface area contributed by atoms with Crippen LogP contribution in [0.15, 0.2) is 12.5 Å². The molecule has 1 saturated heterocycles. The van der Waals surface area contributed by atoms with E-state index in [4.69, 9.17) is 0 Å².